The van der Waals surface area contributed by atoms with Crippen LogP contribution in [-0.2, 0) is 11.3 Å². The molecule has 0 atom stereocenters. The van der Waals surface area contributed by atoms with E-state index < -0.39 is 5.82 Å². The highest BCUT2D eigenvalue weighted by Gasteiger charge is 2.13. The summed E-state index contributed by atoms with van der Waals surface area (Å²) in [6, 6.07) is 4.43. The molecule has 0 saturated carbocycles. The minimum absolute atomic E-state index is 0.133. The van der Waals surface area contributed by atoms with Gasteiger partial charge in [0.25, 0.3) is 0 Å². The Morgan fingerprint density at radius 1 is 1.42 bits per heavy atom. The van der Waals surface area contributed by atoms with E-state index in [9.17, 15) is 4.39 Å². The van der Waals surface area contributed by atoms with Crippen molar-refractivity contribution in [2.45, 2.75) is 26.5 Å². The third kappa shape index (κ3) is 3.25. The molecule has 0 spiro atoms. The molecule has 0 aliphatic heterocycles. The maximum Gasteiger partial charge on any atom is 0.185 e. The zero-order valence-electron chi connectivity index (χ0n) is 10.9. The number of ether oxygens (including phenoxy) is 1. The Hall–Kier alpha value is -2.02. The van der Waals surface area contributed by atoms with E-state index in [1.54, 1.807) is 12.1 Å². The first-order valence-electron chi connectivity index (χ1n) is 6.01. The largest absolute Gasteiger partial charge is 0.399 e. The molecule has 0 fully saturated rings. The van der Waals surface area contributed by atoms with Crippen molar-refractivity contribution in [3.63, 3.8) is 0 Å². The molecule has 2 aromatic rings. The molecule has 1 aromatic heterocycles. The second-order valence-corrected chi connectivity index (χ2v) is 4.38. The van der Waals surface area contributed by atoms with E-state index >= 15 is 0 Å². The highest BCUT2D eigenvalue weighted by molar-refractivity contribution is 5.59. The molecule has 0 amide bonds. The van der Waals surface area contributed by atoms with E-state index in [-0.39, 0.29) is 6.10 Å². The third-order valence-electron chi connectivity index (χ3n) is 2.52. The van der Waals surface area contributed by atoms with E-state index in [4.69, 9.17) is 10.5 Å². The molecule has 0 saturated heterocycles. The Morgan fingerprint density at radius 3 is 2.89 bits per heavy atom. The summed E-state index contributed by atoms with van der Waals surface area (Å²) in [5.41, 5.74) is 6.20. The van der Waals surface area contributed by atoms with Crippen LogP contribution in [0.2, 0.25) is 0 Å². The van der Waals surface area contributed by atoms with Gasteiger partial charge in [0.2, 0.25) is 0 Å². The minimum Gasteiger partial charge on any atom is -0.399 e. The Kier molecular flexibility index (Phi) is 4.06. The molecule has 19 heavy (non-hydrogen) atoms. The van der Waals surface area contributed by atoms with Gasteiger partial charge in [-0.3, -0.25) is 0 Å². The quantitative estimate of drug-likeness (QED) is 0.828. The molecule has 2 rings (SSSR count). The highest BCUT2D eigenvalue weighted by Crippen LogP contribution is 2.21. The number of hydrogen-bond acceptors (Lipinski definition) is 5. The number of nitrogen functional groups attached to an aromatic ring is 1. The number of benzene rings is 1. The SMILES string of the molecule is CC(C)OCCn1nnnc1-c1ccc(N)cc1F. The van der Waals surface area contributed by atoms with Crippen LogP contribution in [0, 0.1) is 5.82 Å². The monoisotopic (exact) mass is 265 g/mol. The van der Waals surface area contributed by atoms with E-state index in [2.05, 4.69) is 15.5 Å². The van der Waals surface area contributed by atoms with Gasteiger partial charge in [0.05, 0.1) is 24.8 Å². The van der Waals surface area contributed by atoms with Crippen LogP contribution in [-0.4, -0.2) is 32.9 Å². The summed E-state index contributed by atoms with van der Waals surface area (Å²) in [5.74, 6) is -0.0781. The maximum atomic E-state index is 13.8. The summed E-state index contributed by atoms with van der Waals surface area (Å²) in [7, 11) is 0. The van der Waals surface area contributed by atoms with Crippen LogP contribution in [0.4, 0.5) is 10.1 Å². The van der Waals surface area contributed by atoms with Crippen LogP contribution in [0.25, 0.3) is 11.4 Å². The number of aromatic nitrogens is 4. The zero-order chi connectivity index (χ0) is 13.8. The molecule has 0 bridgehead atoms. The summed E-state index contributed by atoms with van der Waals surface area (Å²) >= 11 is 0. The third-order valence-corrected chi connectivity index (χ3v) is 2.52. The fourth-order valence-electron chi connectivity index (χ4n) is 1.64. The van der Waals surface area contributed by atoms with Gasteiger partial charge in [-0.1, -0.05) is 0 Å². The molecule has 0 unspecified atom stereocenters. The molecule has 0 aliphatic rings. The lowest BCUT2D eigenvalue weighted by molar-refractivity contribution is 0.0709. The van der Waals surface area contributed by atoms with Crippen molar-refractivity contribution in [2.75, 3.05) is 12.3 Å². The fraction of sp³-hybridized carbons (Fsp3) is 0.417. The van der Waals surface area contributed by atoms with Gasteiger partial charge in [-0.15, -0.1) is 5.10 Å². The standard InChI is InChI=1S/C12H16FN5O/c1-8(2)19-6-5-18-12(15-16-17-18)10-4-3-9(14)7-11(10)13/h3-4,7-8H,5-6,14H2,1-2H3. The average molecular weight is 265 g/mol. The lowest BCUT2D eigenvalue weighted by Crippen LogP contribution is -2.12. The molecule has 6 nitrogen and oxygen atoms in total. The Bertz CT molecular complexity index is 555. The van der Waals surface area contributed by atoms with Crippen LogP contribution in [0.1, 0.15) is 13.8 Å². The first kappa shape index (κ1) is 13.4. The van der Waals surface area contributed by atoms with Crippen LogP contribution < -0.4 is 5.73 Å². The molecular formula is C12H16FN5O. The van der Waals surface area contributed by atoms with Gasteiger partial charge in [-0.05, 0) is 42.5 Å². The molecule has 7 heteroatoms. The number of nitrogens with two attached hydrogens (primary N) is 1. The van der Waals surface area contributed by atoms with Crippen LogP contribution >= 0.6 is 0 Å². The number of halogens is 1. The fourth-order valence-corrected chi connectivity index (χ4v) is 1.64. The summed E-state index contributed by atoms with van der Waals surface area (Å²) in [4.78, 5) is 0. The lowest BCUT2D eigenvalue weighted by atomic mass is 10.2. The summed E-state index contributed by atoms with van der Waals surface area (Å²) in [6.07, 6.45) is 0.133. The van der Waals surface area contributed by atoms with Crippen molar-refractivity contribution in [2.24, 2.45) is 0 Å². The van der Waals surface area contributed by atoms with E-state index in [1.165, 1.54) is 10.7 Å². The van der Waals surface area contributed by atoms with Crippen molar-refractivity contribution >= 4 is 5.69 Å². The molecule has 0 aliphatic carbocycles. The van der Waals surface area contributed by atoms with Crippen LogP contribution in [0.15, 0.2) is 18.2 Å². The smallest absolute Gasteiger partial charge is 0.185 e. The molecule has 0 radical (unpaired) electrons. The Balaban J connectivity index is 2.19. The predicted molar refractivity (Wildman–Crippen MR) is 68.7 cm³/mol. The molecule has 2 N–H and O–H groups in total. The van der Waals surface area contributed by atoms with E-state index in [1.807, 2.05) is 13.8 Å². The van der Waals surface area contributed by atoms with Crippen molar-refractivity contribution in [1.29, 1.82) is 0 Å². The summed E-state index contributed by atoms with van der Waals surface area (Å²) in [6.45, 7) is 4.82. The number of tetrazole rings is 1. The number of hydrogen-bond donors (Lipinski definition) is 1. The van der Waals surface area contributed by atoms with Gasteiger partial charge in [0.1, 0.15) is 5.82 Å². The molecular weight excluding hydrogens is 249 g/mol. The minimum atomic E-state index is -0.444. The van der Waals surface area contributed by atoms with Crippen molar-refractivity contribution in [3.8, 4) is 11.4 Å². The second-order valence-electron chi connectivity index (χ2n) is 4.38. The van der Waals surface area contributed by atoms with Gasteiger partial charge in [0.15, 0.2) is 5.82 Å². The van der Waals surface area contributed by atoms with Gasteiger partial charge >= 0.3 is 0 Å². The van der Waals surface area contributed by atoms with Gasteiger partial charge < -0.3 is 10.5 Å². The Morgan fingerprint density at radius 2 is 2.21 bits per heavy atom. The highest BCUT2D eigenvalue weighted by atomic mass is 19.1. The van der Waals surface area contributed by atoms with Crippen LogP contribution in [0.3, 0.4) is 0 Å². The summed E-state index contributed by atoms with van der Waals surface area (Å²) < 4.78 is 20.8. The van der Waals surface area contributed by atoms with Crippen molar-refractivity contribution in [3.05, 3.63) is 24.0 Å². The molecule has 102 valence electrons. The average Bonchev–Trinajstić information content (AvgIpc) is 2.77. The zero-order valence-corrected chi connectivity index (χ0v) is 10.9. The molecule has 1 heterocycles. The molecule has 1 aromatic carbocycles. The first-order valence-corrected chi connectivity index (χ1v) is 6.01. The van der Waals surface area contributed by atoms with Crippen molar-refractivity contribution < 1.29 is 9.13 Å². The van der Waals surface area contributed by atoms with Crippen molar-refractivity contribution in [1.82, 2.24) is 20.2 Å². The van der Waals surface area contributed by atoms with Gasteiger partial charge in [-0.25, -0.2) is 9.07 Å². The predicted octanol–water partition coefficient (Wildman–Crippen LogP) is 1.49. The lowest BCUT2D eigenvalue weighted by Gasteiger charge is -2.08. The maximum absolute atomic E-state index is 13.8. The summed E-state index contributed by atoms with van der Waals surface area (Å²) in [5, 5.41) is 11.2. The number of anilines is 1. The van der Waals surface area contributed by atoms with E-state index in [0.717, 1.165) is 0 Å². The second kappa shape index (κ2) is 5.75. The normalized spacial score (nSPS) is 11.2. The van der Waals surface area contributed by atoms with Crippen LogP contribution in [0.5, 0.6) is 0 Å². The Labute approximate surface area is 110 Å². The topological polar surface area (TPSA) is 78.8 Å². The van der Waals surface area contributed by atoms with E-state index in [0.29, 0.717) is 30.2 Å². The van der Waals surface area contributed by atoms with Gasteiger partial charge in [-0.2, -0.15) is 0 Å². The number of rotatable bonds is 5. The van der Waals surface area contributed by atoms with Gasteiger partial charge in [0, 0.05) is 5.69 Å². The first-order chi connectivity index (χ1) is 9.08. The number of nitrogens with zero attached hydrogens (tertiary/aromatic N) is 4.